The highest BCUT2D eigenvalue weighted by Crippen LogP contribution is 2.37. The summed E-state index contributed by atoms with van der Waals surface area (Å²) >= 11 is 0. The Labute approximate surface area is 172 Å². The van der Waals surface area contributed by atoms with E-state index in [2.05, 4.69) is 12.2 Å². The van der Waals surface area contributed by atoms with Crippen LogP contribution in [0.5, 0.6) is 11.5 Å². The molecule has 2 aromatic rings. The number of nitrogens with one attached hydrogen (secondary N) is 1. The summed E-state index contributed by atoms with van der Waals surface area (Å²) in [5.74, 6) is 0.300. The zero-order valence-corrected chi connectivity index (χ0v) is 18.0. The first-order valence-corrected chi connectivity index (χ1v) is 11.3. The number of hydrogen-bond donors (Lipinski definition) is 2. The maximum atomic E-state index is 12.9. The van der Waals surface area contributed by atoms with E-state index in [1.165, 1.54) is 6.07 Å². The van der Waals surface area contributed by atoms with Crippen molar-refractivity contribution in [1.82, 2.24) is 4.90 Å². The number of unbranched alkanes of at least 4 members (excludes halogenated alkanes) is 1. The molecule has 29 heavy (non-hydrogen) atoms. The van der Waals surface area contributed by atoms with Crippen LogP contribution in [-0.2, 0) is 10.0 Å². The van der Waals surface area contributed by atoms with Crippen molar-refractivity contribution in [3.05, 3.63) is 48.0 Å². The molecule has 0 radical (unpaired) electrons. The molecule has 7 nitrogen and oxygen atoms in total. The van der Waals surface area contributed by atoms with Gasteiger partial charge in [0.05, 0.1) is 5.69 Å². The topological polar surface area (TPSA) is 102 Å². The van der Waals surface area contributed by atoms with Gasteiger partial charge in [0.25, 0.3) is 5.91 Å². The number of rotatable bonds is 10. The first-order valence-electron chi connectivity index (χ1n) is 9.78. The maximum Gasteiger partial charge on any atom is 0.253 e. The van der Waals surface area contributed by atoms with Crippen LogP contribution in [0, 0.1) is 0 Å². The van der Waals surface area contributed by atoms with Crippen LogP contribution in [0.2, 0.25) is 0 Å². The second-order valence-electron chi connectivity index (χ2n) is 6.57. The Bertz CT molecular complexity index is 926. The number of sulfonamides is 1. The number of nitrogens with zero attached hydrogens (tertiary/aromatic N) is 1. The van der Waals surface area contributed by atoms with Gasteiger partial charge in [-0.1, -0.05) is 31.5 Å². The van der Waals surface area contributed by atoms with E-state index in [0.717, 1.165) is 12.8 Å². The van der Waals surface area contributed by atoms with Gasteiger partial charge in [-0.15, -0.1) is 0 Å². The molecule has 0 aromatic heterocycles. The van der Waals surface area contributed by atoms with E-state index in [0.29, 0.717) is 31.1 Å². The molecule has 0 heterocycles. The summed E-state index contributed by atoms with van der Waals surface area (Å²) in [5.41, 5.74) is 0.668. The Kier molecular flexibility index (Phi) is 8.04. The van der Waals surface area contributed by atoms with Crippen LogP contribution in [0.3, 0.4) is 0 Å². The van der Waals surface area contributed by atoms with E-state index < -0.39 is 10.0 Å². The third-order valence-corrected chi connectivity index (χ3v) is 5.38. The molecule has 0 fully saturated rings. The standard InChI is InChI=1S/C21H29N3O4S/c1-4-7-13-23-18-14-16(21(25)24(5-2)6-3)15-19(29(22,26)27)20(18)28-17-11-9-8-10-12-17/h8-12,14-15,23H,4-7,13H2,1-3H3,(H2,22,26,27). The molecule has 0 aliphatic carbocycles. The lowest BCUT2D eigenvalue weighted by Crippen LogP contribution is -2.31. The van der Waals surface area contributed by atoms with Gasteiger partial charge in [0, 0.05) is 25.2 Å². The van der Waals surface area contributed by atoms with Gasteiger partial charge in [0.1, 0.15) is 10.6 Å². The van der Waals surface area contributed by atoms with Gasteiger partial charge < -0.3 is 15.0 Å². The average Bonchev–Trinajstić information content (AvgIpc) is 2.69. The number of ether oxygens (including phenoxy) is 1. The molecule has 0 aliphatic heterocycles. The van der Waals surface area contributed by atoms with Crippen molar-refractivity contribution in [3.63, 3.8) is 0 Å². The van der Waals surface area contributed by atoms with Crippen LogP contribution >= 0.6 is 0 Å². The summed E-state index contributed by atoms with van der Waals surface area (Å²) in [7, 11) is -4.14. The molecule has 8 heteroatoms. The van der Waals surface area contributed by atoms with Crippen molar-refractivity contribution in [1.29, 1.82) is 0 Å². The predicted octanol–water partition coefficient (Wildman–Crippen LogP) is 3.82. The fourth-order valence-electron chi connectivity index (χ4n) is 2.87. The molecule has 0 aliphatic rings. The fraction of sp³-hybridized carbons (Fsp3) is 0.381. The summed E-state index contributed by atoms with van der Waals surface area (Å²) in [5, 5.41) is 8.69. The summed E-state index contributed by atoms with van der Waals surface area (Å²) in [6, 6.07) is 11.8. The zero-order chi connectivity index (χ0) is 21.4. The molecular formula is C21H29N3O4S. The van der Waals surface area contributed by atoms with Gasteiger partial charge in [-0.05, 0) is 44.5 Å². The van der Waals surface area contributed by atoms with Gasteiger partial charge in [-0.25, -0.2) is 13.6 Å². The van der Waals surface area contributed by atoms with Crippen LogP contribution < -0.4 is 15.2 Å². The molecule has 0 spiro atoms. The monoisotopic (exact) mass is 419 g/mol. The smallest absolute Gasteiger partial charge is 0.253 e. The minimum atomic E-state index is -4.14. The van der Waals surface area contributed by atoms with Gasteiger partial charge >= 0.3 is 0 Å². The minimum absolute atomic E-state index is 0.0888. The van der Waals surface area contributed by atoms with Crippen LogP contribution in [0.4, 0.5) is 5.69 Å². The highest BCUT2D eigenvalue weighted by atomic mass is 32.2. The molecule has 2 aromatic carbocycles. The van der Waals surface area contributed by atoms with Crippen molar-refractivity contribution < 1.29 is 17.9 Å². The van der Waals surface area contributed by atoms with E-state index >= 15 is 0 Å². The molecule has 0 bridgehead atoms. The van der Waals surface area contributed by atoms with E-state index in [1.807, 2.05) is 19.9 Å². The predicted molar refractivity (Wildman–Crippen MR) is 115 cm³/mol. The second-order valence-corrected chi connectivity index (χ2v) is 8.10. The molecule has 158 valence electrons. The Balaban J connectivity index is 2.63. The number of carbonyl (C=O) groups excluding carboxylic acids is 1. The molecule has 2 rings (SSSR count). The number of para-hydroxylation sites is 1. The van der Waals surface area contributed by atoms with E-state index in [4.69, 9.17) is 9.88 Å². The number of amides is 1. The molecular weight excluding hydrogens is 390 g/mol. The quantitative estimate of drug-likeness (QED) is 0.570. The molecule has 0 atom stereocenters. The first-order chi connectivity index (χ1) is 13.8. The van der Waals surface area contributed by atoms with E-state index in [-0.39, 0.29) is 22.1 Å². The molecule has 0 saturated heterocycles. The number of primary sulfonamides is 1. The molecule has 0 saturated carbocycles. The van der Waals surface area contributed by atoms with Crippen molar-refractivity contribution in [2.45, 2.75) is 38.5 Å². The lowest BCUT2D eigenvalue weighted by molar-refractivity contribution is 0.0772. The molecule has 3 N–H and O–H groups in total. The van der Waals surface area contributed by atoms with Gasteiger partial charge in [0.2, 0.25) is 10.0 Å². The Morgan fingerprint density at radius 2 is 1.76 bits per heavy atom. The largest absolute Gasteiger partial charge is 0.454 e. The normalized spacial score (nSPS) is 11.2. The Morgan fingerprint density at radius 3 is 2.31 bits per heavy atom. The van der Waals surface area contributed by atoms with Gasteiger partial charge in [-0.2, -0.15) is 0 Å². The summed E-state index contributed by atoms with van der Waals surface area (Å²) < 4.78 is 30.6. The number of anilines is 1. The lowest BCUT2D eigenvalue weighted by atomic mass is 10.1. The third-order valence-electron chi connectivity index (χ3n) is 4.47. The number of nitrogens with two attached hydrogens (primary N) is 1. The van der Waals surface area contributed by atoms with E-state index in [1.54, 1.807) is 35.2 Å². The SMILES string of the molecule is CCCCNc1cc(C(=O)N(CC)CC)cc(S(N)(=O)=O)c1Oc1ccccc1. The van der Waals surface area contributed by atoms with Gasteiger partial charge in [-0.3, -0.25) is 4.79 Å². The number of benzene rings is 2. The molecule has 0 unspecified atom stereocenters. The number of carbonyl (C=O) groups is 1. The molecule has 1 amide bonds. The van der Waals surface area contributed by atoms with E-state index in [9.17, 15) is 13.2 Å². The fourth-order valence-corrected chi connectivity index (χ4v) is 3.57. The minimum Gasteiger partial charge on any atom is -0.454 e. The van der Waals surface area contributed by atoms with Crippen molar-refractivity contribution in [2.24, 2.45) is 5.14 Å². The summed E-state index contributed by atoms with van der Waals surface area (Å²) in [6.07, 6.45) is 1.84. The highest BCUT2D eigenvalue weighted by Gasteiger charge is 2.25. The average molecular weight is 420 g/mol. The van der Waals surface area contributed by atoms with Crippen LogP contribution in [-0.4, -0.2) is 38.9 Å². The lowest BCUT2D eigenvalue weighted by Gasteiger charge is -2.21. The highest BCUT2D eigenvalue weighted by molar-refractivity contribution is 7.89. The van der Waals surface area contributed by atoms with Crippen molar-refractivity contribution in [2.75, 3.05) is 25.0 Å². The van der Waals surface area contributed by atoms with Crippen molar-refractivity contribution in [3.8, 4) is 11.5 Å². The van der Waals surface area contributed by atoms with Gasteiger partial charge in [0.15, 0.2) is 5.75 Å². The maximum absolute atomic E-state index is 12.9. The van der Waals surface area contributed by atoms with Crippen molar-refractivity contribution >= 4 is 21.6 Å². The summed E-state index contributed by atoms with van der Waals surface area (Å²) in [6.45, 7) is 7.43. The first kappa shape index (κ1) is 22.7. The van der Waals surface area contributed by atoms with Crippen LogP contribution in [0.25, 0.3) is 0 Å². The zero-order valence-electron chi connectivity index (χ0n) is 17.1. The third kappa shape index (κ3) is 5.95. The summed E-state index contributed by atoms with van der Waals surface area (Å²) in [4.78, 5) is 14.3. The van der Waals surface area contributed by atoms with Crippen LogP contribution in [0.15, 0.2) is 47.4 Å². The van der Waals surface area contributed by atoms with Crippen LogP contribution in [0.1, 0.15) is 44.0 Å². The Morgan fingerprint density at radius 1 is 1.10 bits per heavy atom. The number of hydrogen-bond acceptors (Lipinski definition) is 5. The Hall–Kier alpha value is -2.58. The second kappa shape index (κ2) is 10.3.